The maximum absolute atomic E-state index is 15.2. The third-order valence-electron chi connectivity index (χ3n) is 6.11. The Hall–Kier alpha value is -2.60. The first kappa shape index (κ1) is 24.1. The number of carbonyl (C=O) groups excluding carboxylic acids is 1. The fourth-order valence-electron chi connectivity index (χ4n) is 3.68. The zero-order chi connectivity index (χ0) is 23.7. The van der Waals surface area contributed by atoms with Crippen molar-refractivity contribution in [3.8, 4) is 18.1 Å². The SMILES string of the molecule is C#CC(CC(=O)OC)c1c(F)ccc2cc(OCOC)cc(B3OC(C)(C)C(C)(C)O3)c12. The zero-order valence-corrected chi connectivity index (χ0v) is 19.3. The van der Waals surface area contributed by atoms with Gasteiger partial charge in [-0.15, -0.1) is 6.42 Å². The summed E-state index contributed by atoms with van der Waals surface area (Å²) in [5, 5.41) is 1.20. The second-order valence-corrected chi connectivity index (χ2v) is 8.71. The first-order chi connectivity index (χ1) is 15.0. The molecule has 1 aliphatic rings. The third-order valence-corrected chi connectivity index (χ3v) is 6.11. The smallest absolute Gasteiger partial charge is 0.469 e. The minimum Gasteiger partial charge on any atom is -0.469 e. The number of fused-ring (bicyclic) bond motifs is 1. The monoisotopic (exact) mass is 442 g/mol. The van der Waals surface area contributed by atoms with Crippen molar-refractivity contribution in [2.24, 2.45) is 0 Å². The average Bonchev–Trinajstić information content (AvgIpc) is 2.97. The Labute approximate surface area is 188 Å². The highest BCUT2D eigenvalue weighted by atomic mass is 19.1. The third kappa shape index (κ3) is 4.47. The van der Waals surface area contributed by atoms with Crippen molar-refractivity contribution in [3.05, 3.63) is 35.6 Å². The van der Waals surface area contributed by atoms with Crippen LogP contribution in [0.4, 0.5) is 4.39 Å². The minimum atomic E-state index is -0.835. The molecular formula is C24H28BFO6. The van der Waals surface area contributed by atoms with E-state index >= 15 is 4.39 Å². The minimum absolute atomic E-state index is 0.0394. The average molecular weight is 442 g/mol. The van der Waals surface area contributed by atoms with Crippen LogP contribution in [0.2, 0.25) is 0 Å². The Bertz CT molecular complexity index is 1040. The van der Waals surface area contributed by atoms with Crippen LogP contribution in [-0.4, -0.2) is 45.3 Å². The fourth-order valence-corrected chi connectivity index (χ4v) is 3.68. The van der Waals surface area contributed by atoms with Crippen LogP contribution in [0, 0.1) is 18.2 Å². The molecule has 0 N–H and O–H groups in total. The molecule has 0 saturated carbocycles. The van der Waals surface area contributed by atoms with Crippen LogP contribution in [-0.2, 0) is 23.6 Å². The van der Waals surface area contributed by atoms with Gasteiger partial charge in [-0.2, -0.15) is 0 Å². The Morgan fingerprint density at radius 1 is 1.19 bits per heavy atom. The van der Waals surface area contributed by atoms with Gasteiger partial charge in [-0.05, 0) is 62.1 Å². The van der Waals surface area contributed by atoms with Crippen LogP contribution in [0.5, 0.6) is 5.75 Å². The van der Waals surface area contributed by atoms with Crippen LogP contribution in [0.25, 0.3) is 10.8 Å². The van der Waals surface area contributed by atoms with E-state index in [0.29, 0.717) is 22.0 Å². The standard InChI is InChI=1S/C24H28BFO6/c1-8-15(12-20(27)29-7)22-19(26)10-9-16-11-17(30-14-28-6)13-18(21(16)22)25-31-23(2,3)24(4,5)32-25/h1,9-11,13,15H,12,14H2,2-7H3. The summed E-state index contributed by atoms with van der Waals surface area (Å²) in [6.45, 7) is 7.78. The molecule has 2 aromatic carbocycles. The molecule has 1 aliphatic heterocycles. The predicted molar refractivity (Wildman–Crippen MR) is 120 cm³/mol. The number of rotatable bonds is 7. The molecule has 6 nitrogen and oxygen atoms in total. The van der Waals surface area contributed by atoms with E-state index in [9.17, 15) is 4.79 Å². The molecule has 1 unspecified atom stereocenters. The first-order valence-electron chi connectivity index (χ1n) is 10.3. The molecular weight excluding hydrogens is 414 g/mol. The molecule has 1 heterocycles. The van der Waals surface area contributed by atoms with Gasteiger partial charge in [0.1, 0.15) is 11.6 Å². The van der Waals surface area contributed by atoms with Gasteiger partial charge in [0.2, 0.25) is 0 Å². The van der Waals surface area contributed by atoms with E-state index in [1.165, 1.54) is 20.3 Å². The zero-order valence-electron chi connectivity index (χ0n) is 19.3. The highest BCUT2D eigenvalue weighted by Crippen LogP contribution is 2.39. The molecule has 1 fully saturated rings. The predicted octanol–water partition coefficient (Wildman–Crippen LogP) is 3.54. The first-order valence-corrected chi connectivity index (χ1v) is 10.3. The van der Waals surface area contributed by atoms with Gasteiger partial charge in [-0.25, -0.2) is 4.39 Å². The van der Waals surface area contributed by atoms with E-state index in [-0.39, 0.29) is 18.8 Å². The van der Waals surface area contributed by atoms with Crippen molar-refractivity contribution >= 4 is 29.3 Å². The molecule has 32 heavy (non-hydrogen) atoms. The molecule has 1 atom stereocenters. The summed E-state index contributed by atoms with van der Waals surface area (Å²) in [7, 11) is 1.99. The molecule has 0 bridgehead atoms. The van der Waals surface area contributed by atoms with Crippen LogP contribution in [0.3, 0.4) is 0 Å². The summed E-state index contributed by atoms with van der Waals surface area (Å²) in [6, 6.07) is 6.46. The second kappa shape index (κ2) is 9.10. The van der Waals surface area contributed by atoms with Crippen molar-refractivity contribution in [1.82, 2.24) is 0 Å². The van der Waals surface area contributed by atoms with E-state index in [2.05, 4.69) is 5.92 Å². The van der Waals surface area contributed by atoms with Gasteiger partial charge >= 0.3 is 13.1 Å². The van der Waals surface area contributed by atoms with Gasteiger partial charge < -0.3 is 23.5 Å². The normalized spacial score (nSPS) is 17.8. The molecule has 0 aliphatic carbocycles. The molecule has 0 spiro atoms. The van der Waals surface area contributed by atoms with Gasteiger partial charge in [0.05, 0.1) is 30.7 Å². The van der Waals surface area contributed by atoms with E-state index in [1.54, 1.807) is 18.2 Å². The lowest BCUT2D eigenvalue weighted by Gasteiger charge is -2.32. The number of hydrogen-bond acceptors (Lipinski definition) is 6. The Balaban J connectivity index is 2.26. The largest absolute Gasteiger partial charge is 0.495 e. The summed E-state index contributed by atoms with van der Waals surface area (Å²) in [5.41, 5.74) is -0.443. The van der Waals surface area contributed by atoms with Crippen molar-refractivity contribution in [3.63, 3.8) is 0 Å². The van der Waals surface area contributed by atoms with Gasteiger partial charge in [-0.1, -0.05) is 12.0 Å². The van der Waals surface area contributed by atoms with Gasteiger partial charge in [0.25, 0.3) is 0 Å². The molecule has 0 amide bonds. The summed E-state index contributed by atoms with van der Waals surface area (Å²) in [6.07, 6.45) is 5.57. The number of terminal acetylenes is 1. The molecule has 8 heteroatoms. The lowest BCUT2D eigenvalue weighted by Crippen LogP contribution is -2.41. The second-order valence-electron chi connectivity index (χ2n) is 8.71. The number of hydrogen-bond donors (Lipinski definition) is 0. The van der Waals surface area contributed by atoms with Gasteiger partial charge in [-0.3, -0.25) is 4.79 Å². The quantitative estimate of drug-likeness (QED) is 0.283. The number of ether oxygens (including phenoxy) is 3. The van der Waals surface area contributed by atoms with E-state index in [4.69, 9.17) is 29.9 Å². The maximum Gasteiger partial charge on any atom is 0.495 e. The lowest BCUT2D eigenvalue weighted by atomic mass is 9.73. The number of esters is 1. The number of methoxy groups -OCH3 is 2. The topological polar surface area (TPSA) is 63.2 Å². The molecule has 1 saturated heterocycles. The summed E-state index contributed by atoms with van der Waals surface area (Å²) in [4.78, 5) is 12.0. The van der Waals surface area contributed by atoms with E-state index in [0.717, 1.165) is 0 Å². The number of benzene rings is 2. The van der Waals surface area contributed by atoms with E-state index < -0.39 is 36.0 Å². The van der Waals surface area contributed by atoms with Crippen molar-refractivity contribution < 1.29 is 32.7 Å². The van der Waals surface area contributed by atoms with Crippen LogP contribution in [0.15, 0.2) is 24.3 Å². The summed E-state index contributed by atoms with van der Waals surface area (Å²) < 4.78 is 43.2. The number of carbonyl (C=O) groups is 1. The van der Waals surface area contributed by atoms with Crippen LogP contribution < -0.4 is 10.2 Å². The molecule has 2 aromatic rings. The van der Waals surface area contributed by atoms with Gasteiger partial charge in [0, 0.05) is 12.7 Å². The summed E-state index contributed by atoms with van der Waals surface area (Å²) >= 11 is 0. The van der Waals surface area contributed by atoms with Crippen LogP contribution >= 0.6 is 0 Å². The van der Waals surface area contributed by atoms with Gasteiger partial charge in [0.15, 0.2) is 6.79 Å². The highest BCUT2D eigenvalue weighted by Gasteiger charge is 2.52. The van der Waals surface area contributed by atoms with Crippen molar-refractivity contribution in [1.29, 1.82) is 0 Å². The Morgan fingerprint density at radius 3 is 2.41 bits per heavy atom. The lowest BCUT2D eigenvalue weighted by molar-refractivity contribution is -0.140. The van der Waals surface area contributed by atoms with Crippen molar-refractivity contribution in [2.75, 3.05) is 21.0 Å². The molecule has 0 aromatic heterocycles. The Kier molecular flexibility index (Phi) is 6.84. The maximum atomic E-state index is 15.2. The van der Waals surface area contributed by atoms with Crippen LogP contribution in [0.1, 0.15) is 45.6 Å². The number of halogens is 1. The fraction of sp³-hybridized carbons (Fsp3) is 0.458. The molecule has 170 valence electrons. The highest BCUT2D eigenvalue weighted by molar-refractivity contribution is 6.65. The molecule has 3 rings (SSSR count). The van der Waals surface area contributed by atoms with E-state index in [1.807, 2.05) is 27.7 Å². The Morgan fingerprint density at radius 2 is 1.84 bits per heavy atom. The summed E-state index contributed by atoms with van der Waals surface area (Å²) in [5.74, 6) is 1.17. The molecule has 0 radical (unpaired) electrons. The van der Waals surface area contributed by atoms with Crippen molar-refractivity contribution in [2.45, 2.75) is 51.2 Å².